The number of anilines is 3. The van der Waals surface area contributed by atoms with Crippen molar-refractivity contribution in [1.29, 1.82) is 0 Å². The van der Waals surface area contributed by atoms with Gasteiger partial charge in [0, 0.05) is 38.0 Å². The number of benzene rings is 1. The third-order valence-electron chi connectivity index (χ3n) is 3.56. The molecule has 2 aromatic rings. The van der Waals surface area contributed by atoms with Gasteiger partial charge in [-0.1, -0.05) is 13.3 Å². The fourth-order valence-electron chi connectivity index (χ4n) is 2.22. The molecule has 7 nitrogen and oxygen atoms in total. The van der Waals surface area contributed by atoms with Gasteiger partial charge in [0.1, 0.15) is 17.8 Å². The molecule has 0 aliphatic carbocycles. The molecule has 0 atom stereocenters. The van der Waals surface area contributed by atoms with E-state index in [1.54, 1.807) is 30.1 Å². The van der Waals surface area contributed by atoms with Crippen LogP contribution in [-0.2, 0) is 4.79 Å². The second-order valence-corrected chi connectivity index (χ2v) is 5.75. The zero-order valence-electron chi connectivity index (χ0n) is 14.7. The molecular formula is C18H23N5O2. The van der Waals surface area contributed by atoms with Crippen molar-refractivity contribution in [3.05, 3.63) is 42.4 Å². The minimum absolute atomic E-state index is 0.119. The van der Waals surface area contributed by atoms with Crippen molar-refractivity contribution < 1.29 is 9.59 Å². The van der Waals surface area contributed by atoms with E-state index in [0.29, 0.717) is 23.7 Å². The number of carbonyl (C=O) groups excluding carboxylic acids is 2. The monoisotopic (exact) mass is 341 g/mol. The highest BCUT2D eigenvalue weighted by molar-refractivity contribution is 5.93. The smallest absolute Gasteiger partial charge is 0.272 e. The number of unbranched alkanes of at least 4 members (excludes halogenated alkanes) is 1. The van der Waals surface area contributed by atoms with Crippen molar-refractivity contribution >= 4 is 29.0 Å². The van der Waals surface area contributed by atoms with E-state index >= 15 is 0 Å². The Morgan fingerprint density at radius 1 is 1.12 bits per heavy atom. The number of amides is 2. The largest absolute Gasteiger partial charge is 0.340 e. The number of nitrogens with zero attached hydrogens (tertiary/aromatic N) is 3. The lowest BCUT2D eigenvalue weighted by Gasteiger charge is -2.16. The molecule has 2 N–H and O–H groups in total. The van der Waals surface area contributed by atoms with E-state index in [2.05, 4.69) is 27.5 Å². The second-order valence-electron chi connectivity index (χ2n) is 5.75. The van der Waals surface area contributed by atoms with Crippen LogP contribution in [0.3, 0.4) is 0 Å². The first kappa shape index (κ1) is 18.4. The fraction of sp³-hybridized carbons (Fsp3) is 0.333. The maximum atomic E-state index is 12.4. The van der Waals surface area contributed by atoms with E-state index in [-0.39, 0.29) is 11.8 Å². The predicted molar refractivity (Wildman–Crippen MR) is 97.9 cm³/mol. The normalized spacial score (nSPS) is 10.2. The van der Waals surface area contributed by atoms with Gasteiger partial charge in [0.25, 0.3) is 5.91 Å². The SMILES string of the molecule is CCCCN(C)C(=O)c1cc(Nc2ccc(NC(C)=O)cc2)ncn1. The molecule has 25 heavy (non-hydrogen) atoms. The summed E-state index contributed by atoms with van der Waals surface area (Å²) in [7, 11) is 1.77. The Hall–Kier alpha value is -2.96. The van der Waals surface area contributed by atoms with Gasteiger partial charge in [-0.3, -0.25) is 9.59 Å². The Morgan fingerprint density at radius 2 is 1.80 bits per heavy atom. The van der Waals surface area contributed by atoms with Crippen LogP contribution in [0.4, 0.5) is 17.2 Å². The molecule has 1 aromatic heterocycles. The predicted octanol–water partition coefficient (Wildman–Crippen LogP) is 3.05. The van der Waals surface area contributed by atoms with Crippen molar-refractivity contribution in [3.8, 4) is 0 Å². The lowest BCUT2D eigenvalue weighted by atomic mass is 10.2. The molecule has 0 bridgehead atoms. The summed E-state index contributed by atoms with van der Waals surface area (Å²) in [5.74, 6) is 0.293. The van der Waals surface area contributed by atoms with Gasteiger partial charge in [-0.05, 0) is 30.7 Å². The van der Waals surface area contributed by atoms with Crippen molar-refractivity contribution in [2.45, 2.75) is 26.7 Å². The first-order chi connectivity index (χ1) is 12.0. The summed E-state index contributed by atoms with van der Waals surface area (Å²) in [6.07, 6.45) is 3.36. The summed E-state index contributed by atoms with van der Waals surface area (Å²) in [6, 6.07) is 8.85. The third kappa shape index (κ3) is 5.56. The van der Waals surface area contributed by atoms with Gasteiger partial charge >= 0.3 is 0 Å². The van der Waals surface area contributed by atoms with Crippen LogP contribution < -0.4 is 10.6 Å². The van der Waals surface area contributed by atoms with Crippen LogP contribution >= 0.6 is 0 Å². The van der Waals surface area contributed by atoms with Crippen LogP contribution in [0.25, 0.3) is 0 Å². The van der Waals surface area contributed by atoms with Gasteiger partial charge in [0.05, 0.1) is 0 Å². The number of nitrogens with one attached hydrogen (secondary N) is 2. The molecular weight excluding hydrogens is 318 g/mol. The first-order valence-corrected chi connectivity index (χ1v) is 8.21. The molecule has 0 saturated heterocycles. The number of hydrogen-bond donors (Lipinski definition) is 2. The summed E-state index contributed by atoms with van der Waals surface area (Å²) < 4.78 is 0. The Labute approximate surface area is 147 Å². The van der Waals surface area contributed by atoms with Crippen molar-refractivity contribution in [1.82, 2.24) is 14.9 Å². The van der Waals surface area contributed by atoms with Crippen LogP contribution in [0.15, 0.2) is 36.7 Å². The van der Waals surface area contributed by atoms with E-state index in [1.165, 1.54) is 13.3 Å². The lowest BCUT2D eigenvalue weighted by molar-refractivity contribution is -0.114. The molecule has 2 amide bonds. The minimum atomic E-state index is -0.125. The van der Waals surface area contributed by atoms with Gasteiger partial charge in [0.15, 0.2) is 0 Å². The molecule has 132 valence electrons. The zero-order valence-corrected chi connectivity index (χ0v) is 14.7. The summed E-state index contributed by atoms with van der Waals surface area (Å²) in [5, 5.41) is 5.83. The van der Waals surface area contributed by atoms with Crippen LogP contribution in [0, 0.1) is 0 Å². The van der Waals surface area contributed by atoms with Gasteiger partial charge in [0.2, 0.25) is 5.91 Å². The van der Waals surface area contributed by atoms with Gasteiger partial charge < -0.3 is 15.5 Å². The van der Waals surface area contributed by atoms with Gasteiger partial charge in [-0.2, -0.15) is 0 Å². The molecule has 7 heteroatoms. The molecule has 0 spiro atoms. The van der Waals surface area contributed by atoms with Crippen LogP contribution in [0.1, 0.15) is 37.2 Å². The number of hydrogen-bond acceptors (Lipinski definition) is 5. The van der Waals surface area contributed by atoms with Gasteiger partial charge in [-0.25, -0.2) is 9.97 Å². The van der Waals surface area contributed by atoms with E-state index in [9.17, 15) is 9.59 Å². The molecule has 2 rings (SSSR count). The molecule has 0 unspecified atom stereocenters. The maximum Gasteiger partial charge on any atom is 0.272 e. The van der Waals surface area contributed by atoms with Crippen LogP contribution in [0.5, 0.6) is 0 Å². The Morgan fingerprint density at radius 3 is 2.44 bits per heavy atom. The van der Waals surface area contributed by atoms with E-state index in [4.69, 9.17) is 0 Å². The van der Waals surface area contributed by atoms with Crippen LogP contribution in [0.2, 0.25) is 0 Å². The number of rotatable bonds is 7. The minimum Gasteiger partial charge on any atom is -0.340 e. The molecule has 0 aliphatic rings. The van der Waals surface area contributed by atoms with Gasteiger partial charge in [-0.15, -0.1) is 0 Å². The highest BCUT2D eigenvalue weighted by atomic mass is 16.2. The van der Waals surface area contributed by atoms with E-state index in [0.717, 1.165) is 18.5 Å². The molecule has 0 radical (unpaired) electrons. The van der Waals surface area contributed by atoms with Crippen molar-refractivity contribution in [2.24, 2.45) is 0 Å². The Bertz CT molecular complexity index is 731. The fourth-order valence-corrected chi connectivity index (χ4v) is 2.22. The Kier molecular flexibility index (Phi) is 6.45. The average molecular weight is 341 g/mol. The highest BCUT2D eigenvalue weighted by Gasteiger charge is 2.13. The standard InChI is InChI=1S/C18H23N5O2/c1-4-5-10-23(3)18(25)16-11-17(20-12-19-16)22-15-8-6-14(7-9-15)21-13(2)24/h6-9,11-12H,4-5,10H2,1-3H3,(H,21,24)(H,19,20,22). The quantitative estimate of drug-likeness (QED) is 0.808. The van der Waals surface area contributed by atoms with Crippen molar-refractivity contribution in [2.75, 3.05) is 24.2 Å². The lowest BCUT2D eigenvalue weighted by Crippen LogP contribution is -2.28. The number of aromatic nitrogens is 2. The van der Waals surface area contributed by atoms with Crippen LogP contribution in [-0.4, -0.2) is 40.3 Å². The topological polar surface area (TPSA) is 87.2 Å². The first-order valence-electron chi connectivity index (χ1n) is 8.21. The maximum absolute atomic E-state index is 12.4. The third-order valence-corrected chi connectivity index (χ3v) is 3.56. The summed E-state index contributed by atoms with van der Waals surface area (Å²) in [4.78, 5) is 33.3. The molecule has 1 heterocycles. The second kappa shape index (κ2) is 8.77. The molecule has 0 aliphatic heterocycles. The summed E-state index contributed by atoms with van der Waals surface area (Å²) in [6.45, 7) is 4.25. The number of carbonyl (C=O) groups is 2. The Balaban J connectivity index is 2.05. The summed E-state index contributed by atoms with van der Waals surface area (Å²) >= 11 is 0. The van der Waals surface area contributed by atoms with E-state index < -0.39 is 0 Å². The molecule has 1 aromatic carbocycles. The highest BCUT2D eigenvalue weighted by Crippen LogP contribution is 2.18. The van der Waals surface area contributed by atoms with Crippen molar-refractivity contribution in [3.63, 3.8) is 0 Å². The zero-order chi connectivity index (χ0) is 18.2. The van der Waals surface area contributed by atoms with E-state index in [1.807, 2.05) is 12.1 Å². The average Bonchev–Trinajstić information content (AvgIpc) is 2.60. The summed E-state index contributed by atoms with van der Waals surface area (Å²) in [5.41, 5.74) is 1.87. The molecule has 0 fully saturated rings. The molecule has 0 saturated carbocycles.